The van der Waals surface area contributed by atoms with Crippen LogP contribution in [0.2, 0.25) is 5.02 Å². The van der Waals surface area contributed by atoms with Crippen LogP contribution in [0, 0.1) is 6.92 Å². The molecular formula is C19H19ClO3. The minimum Gasteiger partial charge on any atom is -0.494 e. The summed E-state index contributed by atoms with van der Waals surface area (Å²) >= 11 is 6.06. The Labute approximate surface area is 141 Å². The average Bonchev–Trinajstić information content (AvgIpc) is 2.54. The van der Waals surface area contributed by atoms with Crippen LogP contribution in [0.4, 0.5) is 0 Å². The van der Waals surface area contributed by atoms with Gasteiger partial charge in [0.1, 0.15) is 5.75 Å². The van der Waals surface area contributed by atoms with Crippen molar-refractivity contribution in [3.8, 4) is 5.75 Å². The predicted molar refractivity (Wildman–Crippen MR) is 91.7 cm³/mol. The van der Waals surface area contributed by atoms with Crippen molar-refractivity contribution in [1.82, 2.24) is 0 Å². The van der Waals surface area contributed by atoms with Gasteiger partial charge in [-0.3, -0.25) is 9.59 Å². The molecule has 0 atom stereocenters. The van der Waals surface area contributed by atoms with Gasteiger partial charge in [0.2, 0.25) is 11.6 Å². The van der Waals surface area contributed by atoms with E-state index in [1.54, 1.807) is 42.5 Å². The number of carbonyl (C=O) groups is 2. The fraction of sp³-hybridized carbons (Fsp3) is 0.263. The van der Waals surface area contributed by atoms with Crippen LogP contribution in [0.25, 0.3) is 0 Å². The Balaban J connectivity index is 2.11. The summed E-state index contributed by atoms with van der Waals surface area (Å²) in [6.07, 6.45) is 2.04. The number of halogens is 1. The van der Waals surface area contributed by atoms with Crippen molar-refractivity contribution in [3.63, 3.8) is 0 Å². The van der Waals surface area contributed by atoms with Crippen LogP contribution in [0.15, 0.2) is 42.5 Å². The van der Waals surface area contributed by atoms with E-state index < -0.39 is 11.6 Å². The first kappa shape index (κ1) is 17.2. The summed E-state index contributed by atoms with van der Waals surface area (Å²) in [5.74, 6) is -0.485. The lowest BCUT2D eigenvalue weighted by Crippen LogP contribution is -2.15. The summed E-state index contributed by atoms with van der Waals surface area (Å²) in [7, 11) is 0. The van der Waals surface area contributed by atoms with Crippen molar-refractivity contribution in [1.29, 1.82) is 0 Å². The van der Waals surface area contributed by atoms with Crippen molar-refractivity contribution in [2.75, 3.05) is 6.61 Å². The van der Waals surface area contributed by atoms with Gasteiger partial charge in [0, 0.05) is 11.1 Å². The van der Waals surface area contributed by atoms with Crippen LogP contribution in [0.1, 0.15) is 46.0 Å². The number of hydrogen-bond donors (Lipinski definition) is 0. The number of ether oxygens (including phenoxy) is 1. The third kappa shape index (κ3) is 4.42. The van der Waals surface area contributed by atoms with E-state index in [1.807, 2.05) is 6.92 Å². The Morgan fingerprint density at radius 3 is 2.35 bits per heavy atom. The van der Waals surface area contributed by atoms with Gasteiger partial charge in [-0.25, -0.2) is 0 Å². The fourth-order valence-electron chi connectivity index (χ4n) is 2.09. The van der Waals surface area contributed by atoms with Crippen LogP contribution < -0.4 is 4.74 Å². The number of unbranched alkanes of at least 4 members (excludes halogenated alkanes) is 1. The molecule has 0 saturated carbocycles. The molecule has 0 aliphatic heterocycles. The standard InChI is InChI=1S/C19H19ClO3/c1-3-4-11-23-15-8-6-14(7-9-15)18(21)19(22)16-10-5-13(2)12-17(16)20/h5-10,12H,3-4,11H2,1-2H3. The molecule has 0 fully saturated rings. The number of aryl methyl sites for hydroxylation is 1. The van der Waals surface area contributed by atoms with Crippen LogP contribution >= 0.6 is 11.6 Å². The maximum Gasteiger partial charge on any atom is 0.235 e. The Kier molecular flexibility index (Phi) is 5.94. The number of benzene rings is 2. The Morgan fingerprint density at radius 2 is 1.74 bits per heavy atom. The topological polar surface area (TPSA) is 43.4 Å². The van der Waals surface area contributed by atoms with E-state index in [9.17, 15) is 9.59 Å². The molecule has 0 amide bonds. The lowest BCUT2D eigenvalue weighted by atomic mass is 10.0. The van der Waals surface area contributed by atoms with Crippen LogP contribution in [-0.4, -0.2) is 18.2 Å². The van der Waals surface area contributed by atoms with Crippen molar-refractivity contribution >= 4 is 23.2 Å². The van der Waals surface area contributed by atoms with Gasteiger partial charge in [-0.2, -0.15) is 0 Å². The third-order valence-corrected chi connectivity index (χ3v) is 3.77. The highest BCUT2D eigenvalue weighted by molar-refractivity contribution is 6.51. The molecule has 0 bridgehead atoms. The summed E-state index contributed by atoms with van der Waals surface area (Å²) in [6, 6.07) is 11.6. The molecule has 2 aromatic carbocycles. The number of ketones is 2. The highest BCUT2D eigenvalue weighted by Gasteiger charge is 2.20. The van der Waals surface area contributed by atoms with E-state index in [4.69, 9.17) is 16.3 Å². The molecule has 0 unspecified atom stereocenters. The molecule has 0 saturated heterocycles. The van der Waals surface area contributed by atoms with E-state index >= 15 is 0 Å². The van der Waals surface area contributed by atoms with Gasteiger partial charge in [0.05, 0.1) is 11.6 Å². The van der Waals surface area contributed by atoms with Crippen LogP contribution in [-0.2, 0) is 0 Å². The molecule has 0 heterocycles. The lowest BCUT2D eigenvalue weighted by molar-refractivity contribution is 0.0817. The minimum atomic E-state index is -0.602. The van der Waals surface area contributed by atoms with Gasteiger partial charge in [-0.15, -0.1) is 0 Å². The summed E-state index contributed by atoms with van der Waals surface area (Å²) in [4.78, 5) is 24.6. The van der Waals surface area contributed by atoms with Crippen molar-refractivity contribution in [2.45, 2.75) is 26.7 Å². The molecule has 120 valence electrons. The second-order valence-corrected chi connectivity index (χ2v) is 5.78. The van der Waals surface area contributed by atoms with Gasteiger partial charge in [-0.1, -0.05) is 31.0 Å². The molecule has 4 heteroatoms. The fourth-order valence-corrected chi connectivity index (χ4v) is 2.42. The summed E-state index contributed by atoms with van der Waals surface area (Å²) in [5.41, 5.74) is 1.49. The maximum atomic E-state index is 12.3. The molecule has 0 N–H and O–H groups in total. The summed E-state index contributed by atoms with van der Waals surface area (Å²) < 4.78 is 5.54. The summed E-state index contributed by atoms with van der Waals surface area (Å²) in [5, 5.41) is 0.294. The Hall–Kier alpha value is -2.13. The van der Waals surface area contributed by atoms with E-state index in [0.717, 1.165) is 18.4 Å². The molecule has 2 rings (SSSR count). The number of rotatable bonds is 7. The van der Waals surface area contributed by atoms with Crippen LogP contribution in [0.3, 0.4) is 0 Å². The molecule has 0 aliphatic rings. The van der Waals surface area contributed by atoms with Gasteiger partial charge < -0.3 is 4.74 Å². The molecule has 3 nitrogen and oxygen atoms in total. The smallest absolute Gasteiger partial charge is 0.235 e. The molecule has 0 aromatic heterocycles. The molecular weight excluding hydrogens is 312 g/mol. The molecule has 0 spiro atoms. The zero-order valence-corrected chi connectivity index (χ0v) is 14.0. The second-order valence-electron chi connectivity index (χ2n) is 5.37. The first-order valence-electron chi connectivity index (χ1n) is 7.61. The monoisotopic (exact) mass is 330 g/mol. The van der Waals surface area contributed by atoms with Gasteiger partial charge in [-0.05, 0) is 55.3 Å². The predicted octanol–water partition coefficient (Wildman–Crippen LogP) is 4.89. The minimum absolute atomic E-state index is 0.227. The van der Waals surface area contributed by atoms with E-state index in [2.05, 4.69) is 6.92 Å². The second kappa shape index (κ2) is 7.93. The quantitative estimate of drug-likeness (QED) is 0.412. The highest BCUT2D eigenvalue weighted by Crippen LogP contribution is 2.20. The number of Topliss-reactive ketones (excluding diaryl/α,β-unsaturated/α-hetero) is 2. The van der Waals surface area contributed by atoms with Crippen molar-refractivity contribution in [2.24, 2.45) is 0 Å². The van der Waals surface area contributed by atoms with Gasteiger partial charge in [0.25, 0.3) is 0 Å². The Morgan fingerprint density at radius 1 is 1.04 bits per heavy atom. The SMILES string of the molecule is CCCCOc1ccc(C(=O)C(=O)c2ccc(C)cc2Cl)cc1. The normalized spacial score (nSPS) is 10.4. The zero-order valence-electron chi connectivity index (χ0n) is 13.3. The largest absolute Gasteiger partial charge is 0.494 e. The Bertz CT molecular complexity index is 705. The van der Waals surface area contributed by atoms with Crippen molar-refractivity contribution in [3.05, 3.63) is 64.2 Å². The third-order valence-electron chi connectivity index (χ3n) is 3.46. The average molecular weight is 331 g/mol. The first-order valence-corrected chi connectivity index (χ1v) is 7.98. The molecule has 23 heavy (non-hydrogen) atoms. The number of carbonyl (C=O) groups excluding carboxylic acids is 2. The van der Waals surface area contributed by atoms with Crippen LogP contribution in [0.5, 0.6) is 5.75 Å². The lowest BCUT2D eigenvalue weighted by Gasteiger charge is -2.07. The molecule has 2 aromatic rings. The zero-order chi connectivity index (χ0) is 16.8. The van der Waals surface area contributed by atoms with E-state index in [0.29, 0.717) is 22.9 Å². The summed E-state index contributed by atoms with van der Waals surface area (Å²) in [6.45, 7) is 4.61. The maximum absolute atomic E-state index is 12.3. The van der Waals surface area contributed by atoms with Crippen molar-refractivity contribution < 1.29 is 14.3 Å². The van der Waals surface area contributed by atoms with Gasteiger partial charge >= 0.3 is 0 Å². The molecule has 0 radical (unpaired) electrons. The first-order chi connectivity index (χ1) is 11.0. The highest BCUT2D eigenvalue weighted by atomic mass is 35.5. The molecule has 0 aliphatic carbocycles. The van der Waals surface area contributed by atoms with E-state index in [1.165, 1.54) is 0 Å². The van der Waals surface area contributed by atoms with Gasteiger partial charge in [0.15, 0.2) is 0 Å². The number of hydrogen-bond acceptors (Lipinski definition) is 3. The van der Waals surface area contributed by atoms with E-state index in [-0.39, 0.29) is 5.56 Å².